The highest BCUT2D eigenvalue weighted by molar-refractivity contribution is 9.10. The molecule has 1 aliphatic carbocycles. The summed E-state index contributed by atoms with van der Waals surface area (Å²) in [5.41, 5.74) is 0.775. The van der Waals surface area contributed by atoms with Gasteiger partial charge in [-0.2, -0.15) is 0 Å². The van der Waals surface area contributed by atoms with Gasteiger partial charge in [0.25, 0.3) is 5.91 Å². The first-order valence-corrected chi connectivity index (χ1v) is 7.76. The van der Waals surface area contributed by atoms with Gasteiger partial charge in [0.05, 0.1) is 0 Å². The van der Waals surface area contributed by atoms with E-state index >= 15 is 0 Å². The van der Waals surface area contributed by atoms with Gasteiger partial charge in [0.1, 0.15) is 5.69 Å². The van der Waals surface area contributed by atoms with Crippen LogP contribution in [0.15, 0.2) is 16.7 Å². The number of rotatable bonds is 5. The van der Waals surface area contributed by atoms with Crippen LogP contribution in [0.2, 0.25) is 0 Å². The number of amides is 1. The Hall–Kier alpha value is -0.810. The van der Waals surface area contributed by atoms with Crippen LogP contribution in [0.5, 0.6) is 0 Å². The van der Waals surface area contributed by atoms with Gasteiger partial charge in [0, 0.05) is 36.5 Å². The highest BCUT2D eigenvalue weighted by Gasteiger charge is 2.27. The number of nitrogens with one attached hydrogen (secondary N) is 1. The van der Waals surface area contributed by atoms with E-state index in [1.54, 1.807) is 0 Å². The lowest BCUT2D eigenvalue weighted by molar-refractivity contribution is 0.0941. The average Bonchev–Trinajstić information content (AvgIpc) is 2.96. The molecule has 3 rings (SSSR count). The van der Waals surface area contributed by atoms with Crippen molar-refractivity contribution in [3.05, 3.63) is 22.4 Å². The molecule has 4 nitrogen and oxygen atoms in total. The lowest BCUT2D eigenvalue weighted by Crippen LogP contribution is -2.28. The fourth-order valence-corrected chi connectivity index (χ4v) is 3.01. The molecular weight excluding hydrogens is 308 g/mol. The molecular formula is C14H19BrN2O2. The summed E-state index contributed by atoms with van der Waals surface area (Å²) in [6.45, 7) is 2.45. The normalized spacial score (nSPS) is 22.7. The predicted octanol–water partition coefficient (Wildman–Crippen LogP) is 2.74. The molecule has 1 aromatic rings. The van der Waals surface area contributed by atoms with E-state index in [0.717, 1.165) is 42.8 Å². The van der Waals surface area contributed by atoms with Gasteiger partial charge >= 0.3 is 0 Å². The van der Waals surface area contributed by atoms with Crippen LogP contribution < -0.4 is 5.32 Å². The Balaban J connectivity index is 1.54. The second-order valence-electron chi connectivity index (χ2n) is 5.46. The number of carbonyl (C=O) groups is 1. The second kappa shape index (κ2) is 5.67. The maximum atomic E-state index is 12.2. The molecule has 104 valence electrons. The van der Waals surface area contributed by atoms with E-state index < -0.39 is 0 Å². The molecule has 1 unspecified atom stereocenters. The fourth-order valence-electron chi connectivity index (χ4n) is 2.57. The van der Waals surface area contributed by atoms with Gasteiger partial charge in [-0.05, 0) is 53.6 Å². The zero-order valence-electron chi connectivity index (χ0n) is 10.9. The molecule has 2 fully saturated rings. The van der Waals surface area contributed by atoms with E-state index in [1.807, 2.05) is 12.3 Å². The van der Waals surface area contributed by atoms with Crippen LogP contribution in [0.1, 0.15) is 42.2 Å². The van der Waals surface area contributed by atoms with E-state index in [1.165, 1.54) is 12.8 Å². The third-order valence-electron chi connectivity index (χ3n) is 3.85. The van der Waals surface area contributed by atoms with Gasteiger partial charge in [-0.1, -0.05) is 0 Å². The second-order valence-corrected chi connectivity index (χ2v) is 6.37. The Kier molecular flexibility index (Phi) is 3.93. The van der Waals surface area contributed by atoms with E-state index in [4.69, 9.17) is 4.74 Å². The van der Waals surface area contributed by atoms with Crippen molar-refractivity contribution in [3.8, 4) is 0 Å². The zero-order chi connectivity index (χ0) is 13.2. The minimum atomic E-state index is 0.0384. The smallest absolute Gasteiger partial charge is 0.267 e. The Bertz CT molecular complexity index is 462. The summed E-state index contributed by atoms with van der Waals surface area (Å²) in [6.07, 6.45) is 6.51. The molecule has 1 aromatic heterocycles. The minimum absolute atomic E-state index is 0.0384. The summed E-state index contributed by atoms with van der Waals surface area (Å²) in [4.78, 5) is 12.2. The summed E-state index contributed by atoms with van der Waals surface area (Å²) in [5, 5.41) is 3.03. The Morgan fingerprint density at radius 1 is 1.47 bits per heavy atom. The van der Waals surface area contributed by atoms with Crippen LogP contribution in [-0.4, -0.2) is 30.2 Å². The van der Waals surface area contributed by atoms with Gasteiger partial charge in [-0.3, -0.25) is 4.79 Å². The highest BCUT2D eigenvalue weighted by atomic mass is 79.9. The minimum Gasteiger partial charge on any atom is -0.381 e. The largest absolute Gasteiger partial charge is 0.381 e. The van der Waals surface area contributed by atoms with Crippen molar-refractivity contribution in [2.24, 2.45) is 5.92 Å². The summed E-state index contributed by atoms with van der Waals surface area (Å²) < 4.78 is 8.41. The first-order chi connectivity index (χ1) is 9.24. The van der Waals surface area contributed by atoms with Gasteiger partial charge in [-0.15, -0.1) is 0 Å². The Labute approximate surface area is 121 Å². The highest BCUT2D eigenvalue weighted by Crippen LogP contribution is 2.37. The molecule has 5 heteroatoms. The quantitative estimate of drug-likeness (QED) is 0.904. The number of halogens is 1. The molecule has 1 amide bonds. The summed E-state index contributed by atoms with van der Waals surface area (Å²) >= 11 is 3.45. The van der Waals surface area contributed by atoms with Crippen LogP contribution in [0.25, 0.3) is 0 Å². The van der Waals surface area contributed by atoms with Gasteiger partial charge in [0.15, 0.2) is 0 Å². The molecule has 2 aliphatic rings. The third kappa shape index (κ3) is 3.20. The van der Waals surface area contributed by atoms with Crippen molar-refractivity contribution >= 4 is 21.8 Å². The van der Waals surface area contributed by atoms with E-state index in [9.17, 15) is 4.79 Å². The molecule has 0 radical (unpaired) electrons. The number of aromatic nitrogens is 1. The van der Waals surface area contributed by atoms with Crippen LogP contribution >= 0.6 is 15.9 Å². The van der Waals surface area contributed by atoms with Crippen molar-refractivity contribution < 1.29 is 9.53 Å². The molecule has 1 saturated carbocycles. The van der Waals surface area contributed by atoms with E-state index in [2.05, 4.69) is 25.8 Å². The lowest BCUT2D eigenvalue weighted by Gasteiger charge is -2.10. The molecule has 1 saturated heterocycles. The lowest BCUT2D eigenvalue weighted by atomic mass is 10.1. The monoisotopic (exact) mass is 326 g/mol. The average molecular weight is 327 g/mol. The molecule has 1 N–H and O–H groups in total. The number of hydrogen-bond donors (Lipinski definition) is 1. The number of nitrogens with zero attached hydrogens (tertiary/aromatic N) is 1. The van der Waals surface area contributed by atoms with E-state index in [0.29, 0.717) is 12.0 Å². The number of hydrogen-bond acceptors (Lipinski definition) is 2. The van der Waals surface area contributed by atoms with Crippen LogP contribution in [0.4, 0.5) is 0 Å². The third-order valence-corrected chi connectivity index (χ3v) is 4.28. The summed E-state index contributed by atoms with van der Waals surface area (Å²) in [7, 11) is 0. The van der Waals surface area contributed by atoms with Crippen molar-refractivity contribution in [2.45, 2.75) is 31.7 Å². The van der Waals surface area contributed by atoms with Crippen molar-refractivity contribution in [3.63, 3.8) is 0 Å². The number of carbonyl (C=O) groups excluding carboxylic acids is 1. The predicted molar refractivity (Wildman–Crippen MR) is 76.3 cm³/mol. The van der Waals surface area contributed by atoms with Crippen LogP contribution in [0.3, 0.4) is 0 Å². The van der Waals surface area contributed by atoms with Crippen molar-refractivity contribution in [1.29, 1.82) is 0 Å². The topological polar surface area (TPSA) is 43.3 Å². The first-order valence-electron chi connectivity index (χ1n) is 6.97. The van der Waals surface area contributed by atoms with Crippen LogP contribution in [0, 0.1) is 5.92 Å². The SMILES string of the molecule is O=C(NCCC1CCOC1)c1cc(Br)cn1C1CC1. The van der Waals surface area contributed by atoms with Gasteiger partial charge < -0.3 is 14.6 Å². The van der Waals surface area contributed by atoms with Gasteiger partial charge in [-0.25, -0.2) is 0 Å². The molecule has 1 aliphatic heterocycles. The first kappa shape index (κ1) is 13.2. The maximum Gasteiger partial charge on any atom is 0.267 e. The van der Waals surface area contributed by atoms with Crippen molar-refractivity contribution in [2.75, 3.05) is 19.8 Å². The fraction of sp³-hybridized carbons (Fsp3) is 0.643. The standard InChI is InChI=1S/C14H19BrN2O2/c15-11-7-13(17(8-11)12-1-2-12)14(18)16-5-3-10-4-6-19-9-10/h7-8,10,12H,1-6,9H2,(H,16,18). The van der Waals surface area contributed by atoms with E-state index in [-0.39, 0.29) is 5.91 Å². The Morgan fingerprint density at radius 3 is 3.00 bits per heavy atom. The molecule has 0 spiro atoms. The van der Waals surface area contributed by atoms with Crippen molar-refractivity contribution in [1.82, 2.24) is 9.88 Å². The maximum absolute atomic E-state index is 12.2. The molecule has 19 heavy (non-hydrogen) atoms. The molecule has 2 heterocycles. The number of ether oxygens (including phenoxy) is 1. The molecule has 0 aromatic carbocycles. The molecule has 0 bridgehead atoms. The van der Waals surface area contributed by atoms with Crippen LogP contribution in [-0.2, 0) is 4.74 Å². The summed E-state index contributed by atoms with van der Waals surface area (Å²) in [5.74, 6) is 0.652. The summed E-state index contributed by atoms with van der Waals surface area (Å²) in [6, 6.07) is 2.43. The zero-order valence-corrected chi connectivity index (χ0v) is 12.5. The Morgan fingerprint density at radius 2 is 2.32 bits per heavy atom. The van der Waals surface area contributed by atoms with Gasteiger partial charge in [0.2, 0.25) is 0 Å². The molecule has 1 atom stereocenters.